The molecule has 0 spiro atoms. The van der Waals surface area contributed by atoms with E-state index < -0.39 is 56.6 Å². The summed E-state index contributed by atoms with van der Waals surface area (Å²) in [6, 6.07) is -0.896. The minimum atomic E-state index is -4.41. The van der Waals surface area contributed by atoms with Crippen LogP contribution < -0.4 is 4.72 Å². The number of rotatable bonds is 7. The molecule has 29 heavy (non-hydrogen) atoms. The topological polar surface area (TPSA) is 127 Å². The molecule has 2 N–H and O–H groups in total. The van der Waals surface area contributed by atoms with Crippen LogP contribution in [-0.4, -0.2) is 74.0 Å². The standard InChI is InChI=1S/C17H26FN3O7S/c1-5-27-15(23)14-13(18)11(7-20(14)4)29(25,26)19-12-8-21(16(24)28-6-2)9-17(12,3)10-22/h7,12,19,22H,5-6,8-10H2,1-4H3. The molecular formula is C17H26FN3O7S. The molecule has 2 rings (SSSR count). The first-order valence-electron chi connectivity index (χ1n) is 9.07. The number of aliphatic hydroxyl groups is 1. The largest absolute Gasteiger partial charge is 0.461 e. The monoisotopic (exact) mass is 435 g/mol. The highest BCUT2D eigenvalue weighted by molar-refractivity contribution is 7.89. The number of amides is 1. The first-order valence-corrected chi connectivity index (χ1v) is 10.6. The molecule has 2 unspecified atom stereocenters. The SMILES string of the molecule is CCOC(=O)c1c(F)c(S(=O)(=O)NC2CN(C(=O)OCC)CC2(C)CO)cn1C. The van der Waals surface area contributed by atoms with Gasteiger partial charge in [0.1, 0.15) is 4.90 Å². The van der Waals surface area contributed by atoms with Crippen molar-refractivity contribution < 1.29 is 37.0 Å². The fourth-order valence-corrected chi connectivity index (χ4v) is 4.67. The van der Waals surface area contributed by atoms with Crippen molar-refractivity contribution in [2.45, 2.75) is 31.7 Å². The second-order valence-corrected chi connectivity index (χ2v) is 8.74. The van der Waals surface area contributed by atoms with E-state index in [-0.39, 0.29) is 26.3 Å². The number of nitrogens with one attached hydrogen (secondary N) is 1. The molecule has 1 aromatic heterocycles. The molecule has 0 saturated carbocycles. The number of aliphatic hydroxyl groups excluding tert-OH is 1. The van der Waals surface area contributed by atoms with Crippen LogP contribution in [0.5, 0.6) is 0 Å². The maximum absolute atomic E-state index is 14.7. The summed E-state index contributed by atoms with van der Waals surface area (Å²) in [6.07, 6.45) is 0.336. The van der Waals surface area contributed by atoms with Gasteiger partial charge in [0.25, 0.3) is 0 Å². The summed E-state index contributed by atoms with van der Waals surface area (Å²) in [7, 11) is -3.09. The van der Waals surface area contributed by atoms with Crippen molar-refractivity contribution >= 4 is 22.1 Å². The van der Waals surface area contributed by atoms with E-state index in [1.165, 1.54) is 11.9 Å². The molecule has 1 aliphatic heterocycles. The molecule has 1 saturated heterocycles. The van der Waals surface area contributed by atoms with E-state index in [1.54, 1.807) is 20.8 Å². The van der Waals surface area contributed by atoms with Crippen molar-refractivity contribution in [2.24, 2.45) is 12.5 Å². The maximum atomic E-state index is 14.7. The number of hydrogen-bond donors (Lipinski definition) is 2. The van der Waals surface area contributed by atoms with E-state index in [1.807, 2.05) is 0 Å². The van der Waals surface area contributed by atoms with E-state index in [9.17, 15) is 27.5 Å². The predicted molar refractivity (Wildman–Crippen MR) is 99.2 cm³/mol. The van der Waals surface area contributed by atoms with Crippen molar-refractivity contribution in [3.05, 3.63) is 17.7 Å². The second kappa shape index (κ2) is 8.67. The molecule has 1 fully saturated rings. The lowest BCUT2D eigenvalue weighted by molar-refractivity contribution is 0.0509. The van der Waals surface area contributed by atoms with Crippen molar-refractivity contribution in [3.63, 3.8) is 0 Å². The lowest BCUT2D eigenvalue weighted by Crippen LogP contribution is -2.47. The number of aryl methyl sites for hydroxylation is 1. The van der Waals surface area contributed by atoms with Gasteiger partial charge in [0.2, 0.25) is 10.0 Å². The van der Waals surface area contributed by atoms with Crippen LogP contribution >= 0.6 is 0 Å². The average molecular weight is 435 g/mol. The quantitative estimate of drug-likeness (QED) is 0.596. The summed E-state index contributed by atoms with van der Waals surface area (Å²) >= 11 is 0. The van der Waals surface area contributed by atoms with E-state index in [4.69, 9.17) is 9.47 Å². The van der Waals surface area contributed by atoms with Crippen LogP contribution in [0.25, 0.3) is 0 Å². The number of hydrogen-bond acceptors (Lipinski definition) is 7. The van der Waals surface area contributed by atoms with Crippen molar-refractivity contribution in [1.82, 2.24) is 14.2 Å². The molecule has 1 aliphatic rings. The fraction of sp³-hybridized carbons (Fsp3) is 0.647. The van der Waals surface area contributed by atoms with Crippen LogP contribution in [0.3, 0.4) is 0 Å². The molecule has 12 heteroatoms. The molecule has 1 aromatic rings. The summed E-state index contributed by atoms with van der Waals surface area (Å²) in [5.41, 5.74) is -1.52. The molecule has 164 valence electrons. The molecular weight excluding hydrogens is 409 g/mol. The minimum absolute atomic E-state index is 0.00437. The Bertz CT molecular complexity index is 886. The van der Waals surface area contributed by atoms with Gasteiger partial charge in [0, 0.05) is 37.8 Å². The highest BCUT2D eigenvalue weighted by Gasteiger charge is 2.47. The number of aromatic nitrogens is 1. The Hall–Kier alpha value is -2.18. The number of sulfonamides is 1. The summed E-state index contributed by atoms with van der Waals surface area (Å²) in [4.78, 5) is 24.5. The van der Waals surface area contributed by atoms with Crippen LogP contribution in [0.2, 0.25) is 0 Å². The average Bonchev–Trinajstić information content (AvgIpc) is 3.13. The van der Waals surface area contributed by atoms with Gasteiger partial charge in [-0.15, -0.1) is 0 Å². The Balaban J connectivity index is 2.32. The Kier molecular flexibility index (Phi) is 6.91. The Morgan fingerprint density at radius 3 is 2.52 bits per heavy atom. The highest BCUT2D eigenvalue weighted by atomic mass is 32.2. The molecule has 0 bridgehead atoms. The third kappa shape index (κ3) is 4.54. The Morgan fingerprint density at radius 2 is 1.97 bits per heavy atom. The molecule has 0 radical (unpaired) electrons. The van der Waals surface area contributed by atoms with Gasteiger partial charge in [-0.3, -0.25) is 0 Å². The minimum Gasteiger partial charge on any atom is -0.461 e. The Morgan fingerprint density at radius 1 is 1.34 bits per heavy atom. The normalized spacial score (nSPS) is 22.0. The van der Waals surface area contributed by atoms with E-state index in [0.29, 0.717) is 0 Å². The molecule has 2 atom stereocenters. The number of halogens is 1. The van der Waals surface area contributed by atoms with E-state index >= 15 is 0 Å². The van der Waals surface area contributed by atoms with Crippen molar-refractivity contribution in [3.8, 4) is 0 Å². The second-order valence-electron chi connectivity index (χ2n) is 7.05. The summed E-state index contributed by atoms with van der Waals surface area (Å²) in [5.74, 6) is -2.21. The Labute approximate surface area is 168 Å². The predicted octanol–water partition coefficient (Wildman–Crippen LogP) is 0.459. The third-order valence-electron chi connectivity index (χ3n) is 4.83. The number of nitrogens with zero attached hydrogens (tertiary/aromatic N) is 2. The van der Waals surface area contributed by atoms with Crippen molar-refractivity contribution in [2.75, 3.05) is 32.9 Å². The summed E-state index contributed by atoms with van der Waals surface area (Å²) in [6.45, 7) is 4.51. The third-order valence-corrected chi connectivity index (χ3v) is 6.29. The number of carbonyl (C=O) groups is 2. The van der Waals surface area contributed by atoms with Crippen LogP contribution in [0.4, 0.5) is 9.18 Å². The fourth-order valence-electron chi connectivity index (χ4n) is 3.18. The van der Waals surface area contributed by atoms with Crippen LogP contribution in [0.15, 0.2) is 11.1 Å². The van der Waals surface area contributed by atoms with Crippen molar-refractivity contribution in [1.29, 1.82) is 0 Å². The molecule has 0 aliphatic carbocycles. The van der Waals surface area contributed by atoms with Crippen LogP contribution in [0.1, 0.15) is 31.3 Å². The van der Waals surface area contributed by atoms with Gasteiger partial charge in [-0.2, -0.15) is 0 Å². The molecule has 0 aromatic carbocycles. The van der Waals surface area contributed by atoms with Gasteiger partial charge in [-0.1, -0.05) is 6.92 Å². The lowest BCUT2D eigenvalue weighted by atomic mass is 9.87. The number of esters is 1. The molecule has 2 heterocycles. The van der Waals surface area contributed by atoms with Crippen LogP contribution in [-0.2, 0) is 26.5 Å². The lowest BCUT2D eigenvalue weighted by Gasteiger charge is -2.28. The maximum Gasteiger partial charge on any atom is 0.409 e. The first-order chi connectivity index (χ1) is 13.5. The van der Waals surface area contributed by atoms with Gasteiger partial charge in [-0.05, 0) is 13.8 Å². The zero-order valence-corrected chi connectivity index (χ0v) is 17.6. The molecule has 10 nitrogen and oxygen atoms in total. The molecule has 1 amide bonds. The van der Waals surface area contributed by atoms with E-state index in [2.05, 4.69) is 4.72 Å². The highest BCUT2D eigenvalue weighted by Crippen LogP contribution is 2.32. The first kappa shape index (κ1) is 23.1. The van der Waals surface area contributed by atoms with Gasteiger partial charge in [0.05, 0.1) is 19.8 Å². The van der Waals surface area contributed by atoms with Gasteiger partial charge in [0.15, 0.2) is 11.5 Å². The summed E-state index contributed by atoms with van der Waals surface area (Å²) < 4.78 is 53.5. The van der Waals surface area contributed by atoms with Gasteiger partial charge in [-0.25, -0.2) is 27.1 Å². The zero-order valence-electron chi connectivity index (χ0n) is 16.8. The van der Waals surface area contributed by atoms with Gasteiger partial charge >= 0.3 is 12.1 Å². The number of ether oxygens (including phenoxy) is 2. The van der Waals surface area contributed by atoms with E-state index in [0.717, 1.165) is 10.8 Å². The summed E-state index contributed by atoms with van der Waals surface area (Å²) in [5, 5.41) is 9.77. The van der Waals surface area contributed by atoms with Gasteiger partial charge < -0.3 is 24.0 Å². The van der Waals surface area contributed by atoms with Crippen LogP contribution in [0, 0.1) is 11.2 Å². The number of likely N-dealkylation sites (tertiary alicyclic amines) is 1. The number of carbonyl (C=O) groups excluding carboxylic acids is 2. The smallest absolute Gasteiger partial charge is 0.409 e. The zero-order chi connectivity index (χ0) is 22.0.